The predicted octanol–water partition coefficient (Wildman–Crippen LogP) is 4.70. The topological polar surface area (TPSA) is 48.1 Å². The van der Waals surface area contributed by atoms with Crippen molar-refractivity contribution in [3.63, 3.8) is 0 Å². The number of nitrogens with two attached hydrogens (primary N) is 1. The molecular weight excluding hydrogens is 351 g/mol. The van der Waals surface area contributed by atoms with Crippen molar-refractivity contribution in [2.45, 2.75) is 26.0 Å². The molecule has 5 heteroatoms. The fourth-order valence-corrected chi connectivity index (χ4v) is 2.88. The smallest absolute Gasteiger partial charge is 0.123 e. The molecule has 3 rings (SSSR count). The highest BCUT2D eigenvalue weighted by Gasteiger charge is 2.07. The molecule has 0 bridgehead atoms. The molecule has 1 heterocycles. The number of aromatic nitrogens is 1. The Balaban J connectivity index is 1.69. The van der Waals surface area contributed by atoms with Crippen molar-refractivity contribution < 1.29 is 9.13 Å². The molecule has 0 radical (unpaired) electrons. The van der Waals surface area contributed by atoms with Gasteiger partial charge in [0.15, 0.2) is 0 Å². The molecule has 134 valence electrons. The number of benzene rings is 2. The van der Waals surface area contributed by atoms with Gasteiger partial charge in [0, 0.05) is 23.5 Å². The van der Waals surface area contributed by atoms with Gasteiger partial charge in [0.1, 0.15) is 18.2 Å². The van der Waals surface area contributed by atoms with Gasteiger partial charge in [-0.1, -0.05) is 23.7 Å². The lowest BCUT2D eigenvalue weighted by molar-refractivity contribution is 0.302. The average molecular weight is 371 g/mol. The van der Waals surface area contributed by atoms with Crippen molar-refractivity contribution in [3.05, 3.63) is 94.0 Å². The maximum Gasteiger partial charge on any atom is 0.123 e. The molecule has 26 heavy (non-hydrogen) atoms. The van der Waals surface area contributed by atoms with Crippen LogP contribution in [0, 0.1) is 5.82 Å². The van der Waals surface area contributed by atoms with Gasteiger partial charge >= 0.3 is 0 Å². The summed E-state index contributed by atoms with van der Waals surface area (Å²) in [4.78, 5) is 4.39. The molecule has 0 saturated carbocycles. The van der Waals surface area contributed by atoms with Gasteiger partial charge in [0.2, 0.25) is 0 Å². The fraction of sp³-hybridized carbons (Fsp3) is 0.190. The normalized spacial score (nSPS) is 10.7. The molecule has 0 spiro atoms. The van der Waals surface area contributed by atoms with Crippen LogP contribution in [0.3, 0.4) is 0 Å². The second-order valence-electron chi connectivity index (χ2n) is 6.03. The molecule has 3 nitrogen and oxygen atoms in total. The molecule has 3 aromatic rings. The van der Waals surface area contributed by atoms with E-state index >= 15 is 0 Å². The second kappa shape index (κ2) is 8.79. The van der Waals surface area contributed by atoms with E-state index in [2.05, 4.69) is 4.98 Å². The third-order valence-electron chi connectivity index (χ3n) is 4.10. The Bertz CT molecular complexity index is 868. The standard InChI is InChI=1S/C21H20ClFN2O/c22-18-4-8-21(26-14-15-1-5-19(23)6-2-15)17(12-18)3-7-20-11-16(13-24)9-10-25-20/h1-2,4-6,8-12H,3,7,13-14,24H2. The molecule has 2 N–H and O–H groups in total. The Hall–Kier alpha value is -2.43. The van der Waals surface area contributed by atoms with Crippen molar-refractivity contribution in [2.75, 3.05) is 0 Å². The van der Waals surface area contributed by atoms with Crippen molar-refractivity contribution in [2.24, 2.45) is 5.73 Å². The number of hydrogen-bond donors (Lipinski definition) is 1. The number of ether oxygens (including phenoxy) is 1. The fourth-order valence-electron chi connectivity index (χ4n) is 2.68. The highest BCUT2D eigenvalue weighted by atomic mass is 35.5. The van der Waals surface area contributed by atoms with Crippen LogP contribution in [0.1, 0.15) is 22.4 Å². The summed E-state index contributed by atoms with van der Waals surface area (Å²) in [5.74, 6) is 0.516. The van der Waals surface area contributed by atoms with E-state index < -0.39 is 0 Å². The van der Waals surface area contributed by atoms with Gasteiger partial charge in [-0.05, 0) is 72.0 Å². The van der Waals surface area contributed by atoms with Crippen LogP contribution < -0.4 is 10.5 Å². The minimum absolute atomic E-state index is 0.256. The highest BCUT2D eigenvalue weighted by molar-refractivity contribution is 6.30. The Labute approximate surface area is 157 Å². The van der Waals surface area contributed by atoms with Crippen LogP contribution in [0.5, 0.6) is 5.75 Å². The van der Waals surface area contributed by atoms with Crippen LogP contribution in [0.4, 0.5) is 4.39 Å². The van der Waals surface area contributed by atoms with E-state index in [1.54, 1.807) is 24.4 Å². The first kappa shape index (κ1) is 18.4. The number of rotatable bonds is 7. The largest absolute Gasteiger partial charge is 0.489 e. The SMILES string of the molecule is NCc1ccnc(CCc2cc(Cl)ccc2OCc2ccc(F)cc2)c1. The maximum atomic E-state index is 13.0. The number of nitrogens with zero attached hydrogens (tertiary/aromatic N) is 1. The number of pyridine rings is 1. The van der Waals surface area contributed by atoms with Gasteiger partial charge in [-0.3, -0.25) is 4.98 Å². The predicted molar refractivity (Wildman–Crippen MR) is 102 cm³/mol. The van der Waals surface area contributed by atoms with Crippen LogP contribution in [-0.2, 0) is 26.0 Å². The van der Waals surface area contributed by atoms with Crippen molar-refractivity contribution in [3.8, 4) is 5.75 Å². The molecule has 0 unspecified atom stereocenters. The molecular formula is C21H20ClFN2O. The first-order valence-electron chi connectivity index (χ1n) is 8.43. The average Bonchev–Trinajstić information content (AvgIpc) is 2.67. The minimum Gasteiger partial charge on any atom is -0.489 e. The minimum atomic E-state index is -0.256. The molecule has 0 aliphatic rings. The van der Waals surface area contributed by atoms with Gasteiger partial charge in [0.05, 0.1) is 0 Å². The van der Waals surface area contributed by atoms with E-state index in [4.69, 9.17) is 22.1 Å². The van der Waals surface area contributed by atoms with E-state index in [1.807, 2.05) is 24.3 Å². The summed E-state index contributed by atoms with van der Waals surface area (Å²) in [6.07, 6.45) is 3.29. The summed E-state index contributed by atoms with van der Waals surface area (Å²) < 4.78 is 18.9. The molecule has 0 aliphatic heterocycles. The molecule has 0 fully saturated rings. The third-order valence-corrected chi connectivity index (χ3v) is 4.33. The van der Waals surface area contributed by atoms with Crippen LogP contribution >= 0.6 is 11.6 Å². The Morgan fingerprint density at radius 3 is 2.54 bits per heavy atom. The lowest BCUT2D eigenvalue weighted by atomic mass is 10.1. The molecule has 2 aromatic carbocycles. The lowest BCUT2D eigenvalue weighted by Crippen LogP contribution is -2.02. The summed E-state index contributed by atoms with van der Waals surface area (Å²) in [7, 11) is 0. The lowest BCUT2D eigenvalue weighted by Gasteiger charge is -2.12. The third kappa shape index (κ3) is 5.04. The zero-order chi connectivity index (χ0) is 18.4. The van der Waals surface area contributed by atoms with Crippen molar-refractivity contribution in [1.29, 1.82) is 0 Å². The quantitative estimate of drug-likeness (QED) is 0.656. The molecule has 1 aromatic heterocycles. The van der Waals surface area contributed by atoms with Gasteiger partial charge in [0.25, 0.3) is 0 Å². The van der Waals surface area contributed by atoms with E-state index in [0.29, 0.717) is 18.2 Å². The Morgan fingerprint density at radius 2 is 1.77 bits per heavy atom. The first-order valence-corrected chi connectivity index (χ1v) is 8.81. The van der Waals surface area contributed by atoms with E-state index in [-0.39, 0.29) is 5.82 Å². The van der Waals surface area contributed by atoms with Crippen LogP contribution in [-0.4, -0.2) is 4.98 Å². The number of aryl methyl sites for hydroxylation is 2. The summed E-state index contributed by atoms with van der Waals surface area (Å²) in [5.41, 5.74) is 9.65. The number of halogens is 2. The zero-order valence-electron chi connectivity index (χ0n) is 14.3. The zero-order valence-corrected chi connectivity index (χ0v) is 15.0. The maximum absolute atomic E-state index is 13.0. The van der Waals surface area contributed by atoms with Gasteiger partial charge < -0.3 is 10.5 Å². The molecule has 0 aliphatic carbocycles. The van der Waals surface area contributed by atoms with E-state index in [9.17, 15) is 4.39 Å². The monoisotopic (exact) mass is 370 g/mol. The Morgan fingerprint density at radius 1 is 0.962 bits per heavy atom. The summed E-state index contributed by atoms with van der Waals surface area (Å²) >= 11 is 6.15. The second-order valence-corrected chi connectivity index (χ2v) is 6.46. The van der Waals surface area contributed by atoms with Crippen molar-refractivity contribution in [1.82, 2.24) is 4.98 Å². The number of hydrogen-bond acceptors (Lipinski definition) is 3. The van der Waals surface area contributed by atoms with Crippen molar-refractivity contribution >= 4 is 11.6 Å². The van der Waals surface area contributed by atoms with E-state index in [1.165, 1.54) is 12.1 Å². The van der Waals surface area contributed by atoms with Crippen LogP contribution in [0.2, 0.25) is 5.02 Å². The molecule has 0 saturated heterocycles. The first-order chi connectivity index (χ1) is 12.6. The summed E-state index contributed by atoms with van der Waals surface area (Å²) in [6, 6.07) is 15.8. The van der Waals surface area contributed by atoms with Gasteiger partial charge in [-0.2, -0.15) is 0 Å². The summed E-state index contributed by atoms with van der Waals surface area (Å²) in [5, 5.41) is 0.665. The molecule has 0 atom stereocenters. The summed E-state index contributed by atoms with van der Waals surface area (Å²) in [6.45, 7) is 0.870. The van der Waals surface area contributed by atoms with E-state index in [0.717, 1.165) is 41.0 Å². The molecule has 0 amide bonds. The highest BCUT2D eigenvalue weighted by Crippen LogP contribution is 2.25. The van der Waals surface area contributed by atoms with Crippen LogP contribution in [0.15, 0.2) is 60.8 Å². The van der Waals surface area contributed by atoms with Gasteiger partial charge in [-0.25, -0.2) is 4.39 Å². The van der Waals surface area contributed by atoms with Crippen LogP contribution in [0.25, 0.3) is 0 Å². The van der Waals surface area contributed by atoms with Gasteiger partial charge in [-0.15, -0.1) is 0 Å². The Kier molecular flexibility index (Phi) is 6.21.